The number of hydrogen-bond acceptors (Lipinski definition) is 4. The van der Waals surface area contributed by atoms with E-state index in [-0.39, 0.29) is 11.7 Å². The van der Waals surface area contributed by atoms with Crippen molar-refractivity contribution < 1.29 is 4.79 Å². The van der Waals surface area contributed by atoms with Crippen LogP contribution in [0.1, 0.15) is 11.1 Å². The average Bonchev–Trinajstić information content (AvgIpc) is 3.27. The quantitative estimate of drug-likeness (QED) is 0.278. The number of nitrogens with one attached hydrogen (secondary N) is 1. The van der Waals surface area contributed by atoms with Crippen molar-refractivity contribution in [1.82, 2.24) is 15.2 Å². The van der Waals surface area contributed by atoms with Crippen LogP contribution >= 0.6 is 39.3 Å². The van der Waals surface area contributed by atoms with Crippen LogP contribution < -0.4 is 4.90 Å². The summed E-state index contributed by atoms with van der Waals surface area (Å²) < 4.78 is 0.957. The van der Waals surface area contributed by atoms with Gasteiger partial charge in [-0.1, -0.05) is 81.3 Å². The molecule has 5 nitrogen and oxygen atoms in total. The molecule has 0 aliphatic rings. The maximum atomic E-state index is 13.2. The van der Waals surface area contributed by atoms with E-state index >= 15 is 0 Å². The molecule has 0 fully saturated rings. The van der Waals surface area contributed by atoms with Crippen LogP contribution in [0, 0.1) is 6.92 Å². The standard InChI is InChI=1S/C24H20BrClN4OS/c1-16-2-6-18(7-3-16)23-27-24(29-28-23)32-15-22(31)30(21-12-8-19(25)9-13-21)14-17-4-10-20(26)11-5-17/h2-13H,14-15H2,1H3,(H,27,28,29). The van der Waals surface area contributed by atoms with Gasteiger partial charge in [-0.25, -0.2) is 4.98 Å². The topological polar surface area (TPSA) is 61.9 Å². The number of anilines is 1. The van der Waals surface area contributed by atoms with Crippen LogP contribution in [0.5, 0.6) is 0 Å². The number of rotatable bonds is 7. The molecule has 4 rings (SSSR count). The predicted octanol–water partition coefficient (Wildman–Crippen LogP) is 6.52. The van der Waals surface area contributed by atoms with Crippen LogP contribution in [-0.2, 0) is 11.3 Å². The molecule has 1 N–H and O–H groups in total. The Morgan fingerprint density at radius 1 is 1.03 bits per heavy atom. The fourth-order valence-electron chi connectivity index (χ4n) is 3.07. The van der Waals surface area contributed by atoms with Crippen molar-refractivity contribution in [3.63, 3.8) is 0 Å². The van der Waals surface area contributed by atoms with Crippen molar-refractivity contribution >= 4 is 50.9 Å². The molecule has 1 amide bonds. The lowest BCUT2D eigenvalue weighted by molar-refractivity contribution is -0.116. The van der Waals surface area contributed by atoms with Crippen molar-refractivity contribution in [1.29, 1.82) is 0 Å². The zero-order valence-corrected chi connectivity index (χ0v) is 20.4. The van der Waals surface area contributed by atoms with Gasteiger partial charge in [0, 0.05) is 20.7 Å². The van der Waals surface area contributed by atoms with E-state index in [1.54, 1.807) is 4.90 Å². The van der Waals surface area contributed by atoms with E-state index < -0.39 is 0 Å². The molecule has 32 heavy (non-hydrogen) atoms. The Kier molecular flexibility index (Phi) is 7.29. The molecule has 0 saturated heterocycles. The lowest BCUT2D eigenvalue weighted by Gasteiger charge is -2.23. The second-order valence-corrected chi connectivity index (χ2v) is 9.50. The fraction of sp³-hybridized carbons (Fsp3) is 0.125. The number of hydrogen-bond donors (Lipinski definition) is 1. The highest BCUT2D eigenvalue weighted by Crippen LogP contribution is 2.24. The van der Waals surface area contributed by atoms with Crippen LogP contribution in [0.2, 0.25) is 5.02 Å². The van der Waals surface area contributed by atoms with E-state index in [9.17, 15) is 4.79 Å². The number of aryl methyl sites for hydroxylation is 1. The number of carbonyl (C=O) groups is 1. The fourth-order valence-corrected chi connectivity index (χ4v) is 4.14. The highest BCUT2D eigenvalue weighted by Gasteiger charge is 2.18. The average molecular weight is 528 g/mol. The van der Waals surface area contributed by atoms with Gasteiger partial charge in [0.2, 0.25) is 11.1 Å². The molecule has 0 atom stereocenters. The SMILES string of the molecule is Cc1ccc(-c2nc(SCC(=O)N(Cc3ccc(Cl)cc3)c3ccc(Br)cc3)n[nH]2)cc1. The summed E-state index contributed by atoms with van der Waals surface area (Å²) in [5, 5.41) is 8.42. The van der Waals surface area contributed by atoms with Gasteiger partial charge in [0.1, 0.15) is 0 Å². The predicted molar refractivity (Wildman–Crippen MR) is 134 cm³/mol. The van der Waals surface area contributed by atoms with Gasteiger partial charge in [-0.15, -0.1) is 5.10 Å². The third kappa shape index (κ3) is 5.79. The van der Waals surface area contributed by atoms with Crippen molar-refractivity contribution in [3.05, 3.63) is 93.4 Å². The summed E-state index contributed by atoms with van der Waals surface area (Å²) in [5.74, 6) is 0.870. The van der Waals surface area contributed by atoms with Crippen molar-refractivity contribution in [3.8, 4) is 11.4 Å². The molecule has 0 spiro atoms. The molecule has 1 aromatic heterocycles. The molecular weight excluding hydrogens is 508 g/mol. The van der Waals surface area contributed by atoms with E-state index in [1.165, 1.54) is 17.3 Å². The monoisotopic (exact) mass is 526 g/mol. The van der Waals surface area contributed by atoms with E-state index in [4.69, 9.17) is 11.6 Å². The Morgan fingerprint density at radius 2 is 1.72 bits per heavy atom. The largest absolute Gasteiger partial charge is 0.307 e. The summed E-state index contributed by atoms with van der Waals surface area (Å²) in [6.07, 6.45) is 0. The van der Waals surface area contributed by atoms with Crippen LogP contribution in [0.15, 0.2) is 82.4 Å². The Balaban J connectivity index is 1.48. The van der Waals surface area contributed by atoms with Gasteiger partial charge in [-0.2, -0.15) is 0 Å². The van der Waals surface area contributed by atoms with Gasteiger partial charge < -0.3 is 4.90 Å². The zero-order valence-electron chi connectivity index (χ0n) is 17.3. The minimum Gasteiger partial charge on any atom is -0.307 e. The van der Waals surface area contributed by atoms with Crippen LogP contribution in [0.4, 0.5) is 5.69 Å². The number of aromatic amines is 1. The first-order chi connectivity index (χ1) is 15.5. The maximum Gasteiger partial charge on any atom is 0.237 e. The summed E-state index contributed by atoms with van der Waals surface area (Å²) in [5.41, 5.74) is 3.96. The lowest BCUT2D eigenvalue weighted by atomic mass is 10.1. The number of thioether (sulfide) groups is 1. The van der Waals surface area contributed by atoms with Gasteiger partial charge in [-0.3, -0.25) is 9.89 Å². The summed E-state index contributed by atoms with van der Waals surface area (Å²) in [6, 6.07) is 23.3. The Morgan fingerprint density at radius 3 is 2.41 bits per heavy atom. The lowest BCUT2D eigenvalue weighted by Crippen LogP contribution is -2.31. The molecule has 0 radical (unpaired) electrons. The van der Waals surface area contributed by atoms with Crippen molar-refractivity contribution in [2.45, 2.75) is 18.6 Å². The number of aromatic nitrogens is 3. The van der Waals surface area contributed by atoms with Gasteiger partial charge in [0.05, 0.1) is 12.3 Å². The molecule has 162 valence electrons. The number of amides is 1. The molecule has 3 aromatic carbocycles. The molecule has 1 heterocycles. The molecule has 0 aliphatic carbocycles. The number of benzene rings is 3. The Bertz CT molecular complexity index is 1190. The van der Waals surface area contributed by atoms with Crippen molar-refractivity contribution in [2.75, 3.05) is 10.7 Å². The number of carbonyl (C=O) groups excluding carboxylic acids is 1. The summed E-state index contributed by atoms with van der Waals surface area (Å²) >= 11 is 10.8. The van der Waals surface area contributed by atoms with E-state index in [0.29, 0.717) is 22.5 Å². The highest BCUT2D eigenvalue weighted by atomic mass is 79.9. The van der Waals surface area contributed by atoms with Crippen LogP contribution in [0.3, 0.4) is 0 Å². The van der Waals surface area contributed by atoms with Gasteiger partial charge in [0.25, 0.3) is 0 Å². The summed E-state index contributed by atoms with van der Waals surface area (Å²) in [4.78, 5) is 19.5. The molecule has 0 bridgehead atoms. The van der Waals surface area contributed by atoms with Crippen LogP contribution in [0.25, 0.3) is 11.4 Å². The number of halogens is 2. The van der Waals surface area contributed by atoms with Crippen molar-refractivity contribution in [2.24, 2.45) is 0 Å². The van der Waals surface area contributed by atoms with Crippen LogP contribution in [-0.4, -0.2) is 26.8 Å². The third-order valence-electron chi connectivity index (χ3n) is 4.81. The first-order valence-electron chi connectivity index (χ1n) is 9.90. The number of H-pyrrole nitrogens is 1. The minimum atomic E-state index is -0.0334. The van der Waals surface area contributed by atoms with Gasteiger partial charge in [-0.05, 0) is 48.9 Å². The smallest absolute Gasteiger partial charge is 0.237 e. The van der Waals surface area contributed by atoms with Gasteiger partial charge >= 0.3 is 0 Å². The molecule has 0 saturated carbocycles. The molecule has 0 aliphatic heterocycles. The Hall–Kier alpha value is -2.61. The first kappa shape index (κ1) is 22.6. The van der Waals surface area contributed by atoms with E-state index in [2.05, 4.69) is 31.1 Å². The molecular formula is C24H20BrClN4OS. The maximum absolute atomic E-state index is 13.2. The summed E-state index contributed by atoms with van der Waals surface area (Å²) in [7, 11) is 0. The highest BCUT2D eigenvalue weighted by molar-refractivity contribution is 9.10. The third-order valence-corrected chi connectivity index (χ3v) is 6.42. The second-order valence-electron chi connectivity index (χ2n) is 7.20. The van der Waals surface area contributed by atoms with Gasteiger partial charge in [0.15, 0.2) is 5.82 Å². The molecule has 8 heteroatoms. The minimum absolute atomic E-state index is 0.0334. The zero-order chi connectivity index (χ0) is 22.5. The molecule has 0 unspecified atom stereocenters. The Labute approximate surface area is 204 Å². The second kappa shape index (κ2) is 10.3. The first-order valence-corrected chi connectivity index (χ1v) is 12.1. The normalized spacial score (nSPS) is 10.8. The van der Waals surface area contributed by atoms with E-state index in [1.807, 2.05) is 79.7 Å². The van der Waals surface area contributed by atoms with E-state index in [0.717, 1.165) is 21.3 Å². The molecule has 4 aromatic rings. The number of nitrogens with zero attached hydrogens (tertiary/aromatic N) is 3. The summed E-state index contributed by atoms with van der Waals surface area (Å²) in [6.45, 7) is 2.49.